The summed E-state index contributed by atoms with van der Waals surface area (Å²) in [7, 11) is 1.63. The molecule has 4 aromatic rings. The van der Waals surface area contributed by atoms with Crippen LogP contribution in [0.2, 0.25) is 0 Å². The summed E-state index contributed by atoms with van der Waals surface area (Å²) in [6.45, 7) is 2.53. The average molecular weight is 371 g/mol. The Hall–Kier alpha value is -3.53. The molecule has 3 aromatic carbocycles. The summed E-state index contributed by atoms with van der Waals surface area (Å²) in [5.74, 6) is 2.00. The molecule has 0 spiro atoms. The Morgan fingerprint density at radius 2 is 1.75 bits per heavy atom. The number of nitrogens with zero attached hydrogens (tertiary/aromatic N) is 1. The van der Waals surface area contributed by atoms with Crippen LogP contribution < -0.4 is 9.47 Å². The standard InChI is InChI=1S/C24H21NO3/c1-3-27-23-15-17(9-12-22(23)26-2)10-14-24-25-20-16-19(11-13-21(20)28-24)18-7-5-4-6-8-18/h4-16H,3H2,1-2H3. The first-order chi connectivity index (χ1) is 13.8. The normalized spacial score (nSPS) is 11.2. The molecule has 0 saturated carbocycles. The van der Waals surface area contributed by atoms with Crippen LogP contribution in [0.4, 0.5) is 0 Å². The van der Waals surface area contributed by atoms with Gasteiger partial charge < -0.3 is 13.9 Å². The molecule has 28 heavy (non-hydrogen) atoms. The molecule has 0 saturated heterocycles. The number of benzene rings is 3. The highest BCUT2D eigenvalue weighted by atomic mass is 16.5. The highest BCUT2D eigenvalue weighted by Crippen LogP contribution is 2.29. The van der Waals surface area contributed by atoms with Crippen molar-refractivity contribution >= 4 is 23.3 Å². The monoisotopic (exact) mass is 371 g/mol. The van der Waals surface area contributed by atoms with Crippen molar-refractivity contribution in [3.8, 4) is 22.6 Å². The first-order valence-corrected chi connectivity index (χ1v) is 9.22. The fraction of sp³-hybridized carbons (Fsp3) is 0.125. The number of ether oxygens (including phenoxy) is 2. The van der Waals surface area contributed by atoms with Gasteiger partial charge >= 0.3 is 0 Å². The van der Waals surface area contributed by atoms with Crippen molar-refractivity contribution in [2.75, 3.05) is 13.7 Å². The summed E-state index contributed by atoms with van der Waals surface area (Å²) in [6.07, 6.45) is 3.81. The lowest BCUT2D eigenvalue weighted by molar-refractivity contribution is 0.311. The second kappa shape index (κ2) is 8.01. The first-order valence-electron chi connectivity index (χ1n) is 9.22. The summed E-state index contributed by atoms with van der Waals surface area (Å²) in [6, 6.07) is 22.1. The lowest BCUT2D eigenvalue weighted by atomic mass is 10.1. The largest absolute Gasteiger partial charge is 0.493 e. The Bertz CT molecular complexity index is 1110. The Morgan fingerprint density at radius 3 is 2.54 bits per heavy atom. The SMILES string of the molecule is CCOc1cc(C=Cc2nc3cc(-c4ccccc4)ccc3o2)ccc1OC. The van der Waals surface area contributed by atoms with Crippen molar-refractivity contribution in [2.24, 2.45) is 0 Å². The predicted molar refractivity (Wildman–Crippen MR) is 113 cm³/mol. The molecule has 0 fully saturated rings. The zero-order chi connectivity index (χ0) is 19.3. The average Bonchev–Trinajstić information content (AvgIpc) is 3.15. The Labute approximate surface area is 164 Å². The van der Waals surface area contributed by atoms with Crippen LogP contribution in [0.1, 0.15) is 18.4 Å². The maximum Gasteiger partial charge on any atom is 0.220 e. The van der Waals surface area contributed by atoms with Crippen LogP contribution >= 0.6 is 0 Å². The van der Waals surface area contributed by atoms with Crippen molar-refractivity contribution in [3.05, 3.63) is 78.2 Å². The molecule has 140 valence electrons. The minimum absolute atomic E-state index is 0.564. The number of rotatable bonds is 6. The molecule has 0 aliphatic rings. The minimum atomic E-state index is 0.564. The highest BCUT2D eigenvalue weighted by molar-refractivity contribution is 5.82. The predicted octanol–water partition coefficient (Wildman–Crippen LogP) is 6.07. The first kappa shape index (κ1) is 17.9. The fourth-order valence-corrected chi connectivity index (χ4v) is 3.06. The second-order valence-corrected chi connectivity index (χ2v) is 6.28. The molecule has 0 N–H and O–H groups in total. The molecule has 0 aliphatic heterocycles. The van der Waals surface area contributed by atoms with Crippen LogP contribution in [0, 0.1) is 0 Å². The van der Waals surface area contributed by atoms with Gasteiger partial charge in [0.25, 0.3) is 0 Å². The van der Waals surface area contributed by atoms with E-state index in [4.69, 9.17) is 13.9 Å². The van der Waals surface area contributed by atoms with E-state index >= 15 is 0 Å². The summed E-state index contributed by atoms with van der Waals surface area (Å²) in [5.41, 5.74) is 4.87. The Kier molecular flexibility index (Phi) is 5.11. The van der Waals surface area contributed by atoms with Crippen molar-refractivity contribution < 1.29 is 13.9 Å². The van der Waals surface area contributed by atoms with Crippen LogP contribution in [0.15, 0.2) is 71.1 Å². The maximum absolute atomic E-state index is 5.85. The van der Waals surface area contributed by atoms with Gasteiger partial charge in [-0.15, -0.1) is 0 Å². The lowest BCUT2D eigenvalue weighted by Gasteiger charge is -2.09. The van der Waals surface area contributed by atoms with Gasteiger partial charge in [-0.25, -0.2) is 4.98 Å². The molecular formula is C24H21NO3. The summed E-state index contributed by atoms with van der Waals surface area (Å²) >= 11 is 0. The van der Waals surface area contributed by atoms with E-state index in [1.54, 1.807) is 7.11 Å². The van der Waals surface area contributed by atoms with E-state index in [1.165, 1.54) is 0 Å². The second-order valence-electron chi connectivity index (χ2n) is 6.28. The lowest BCUT2D eigenvalue weighted by Crippen LogP contribution is -1.95. The molecule has 1 aromatic heterocycles. The minimum Gasteiger partial charge on any atom is -0.493 e. The van der Waals surface area contributed by atoms with Gasteiger partial charge in [0.1, 0.15) is 5.52 Å². The molecule has 0 unspecified atom stereocenters. The van der Waals surface area contributed by atoms with Crippen molar-refractivity contribution in [3.63, 3.8) is 0 Å². The Morgan fingerprint density at radius 1 is 0.893 bits per heavy atom. The quantitative estimate of drug-likeness (QED) is 0.412. The third kappa shape index (κ3) is 3.76. The van der Waals surface area contributed by atoms with Gasteiger partial charge in [0.2, 0.25) is 5.89 Å². The van der Waals surface area contributed by atoms with Crippen LogP contribution in [0.5, 0.6) is 11.5 Å². The maximum atomic E-state index is 5.85. The number of hydrogen-bond acceptors (Lipinski definition) is 4. The van der Waals surface area contributed by atoms with E-state index in [0.717, 1.165) is 33.5 Å². The van der Waals surface area contributed by atoms with Gasteiger partial charge in [-0.1, -0.05) is 42.5 Å². The topological polar surface area (TPSA) is 44.5 Å². The molecule has 1 heterocycles. The molecule has 4 heteroatoms. The number of oxazole rings is 1. The Balaban J connectivity index is 1.60. The molecule has 4 nitrogen and oxygen atoms in total. The van der Waals surface area contributed by atoms with Crippen molar-refractivity contribution in [1.29, 1.82) is 0 Å². The van der Waals surface area contributed by atoms with Crippen LogP contribution in [-0.2, 0) is 0 Å². The van der Waals surface area contributed by atoms with Gasteiger partial charge in [0.05, 0.1) is 13.7 Å². The van der Waals surface area contributed by atoms with E-state index < -0.39 is 0 Å². The molecule has 0 radical (unpaired) electrons. The molecule has 0 aliphatic carbocycles. The number of aromatic nitrogens is 1. The zero-order valence-electron chi connectivity index (χ0n) is 15.9. The smallest absolute Gasteiger partial charge is 0.220 e. The van der Waals surface area contributed by atoms with Crippen molar-refractivity contribution in [1.82, 2.24) is 4.98 Å². The molecular weight excluding hydrogens is 350 g/mol. The van der Waals surface area contributed by atoms with Gasteiger partial charge in [-0.2, -0.15) is 0 Å². The van der Waals surface area contributed by atoms with Gasteiger partial charge in [0.15, 0.2) is 17.1 Å². The summed E-state index contributed by atoms with van der Waals surface area (Å²) in [5, 5.41) is 0. The molecule has 0 amide bonds. The zero-order valence-corrected chi connectivity index (χ0v) is 15.9. The third-order valence-corrected chi connectivity index (χ3v) is 4.42. The summed E-state index contributed by atoms with van der Waals surface area (Å²) < 4.78 is 16.8. The van der Waals surface area contributed by atoms with Gasteiger partial charge in [-0.05, 0) is 54.0 Å². The van der Waals surface area contributed by atoms with E-state index in [0.29, 0.717) is 18.2 Å². The van der Waals surface area contributed by atoms with E-state index in [9.17, 15) is 0 Å². The van der Waals surface area contributed by atoms with Crippen LogP contribution in [0.3, 0.4) is 0 Å². The van der Waals surface area contributed by atoms with Crippen LogP contribution in [-0.4, -0.2) is 18.7 Å². The number of fused-ring (bicyclic) bond motifs is 1. The van der Waals surface area contributed by atoms with Crippen molar-refractivity contribution in [2.45, 2.75) is 6.92 Å². The number of methoxy groups -OCH3 is 1. The number of hydrogen-bond donors (Lipinski definition) is 0. The summed E-state index contributed by atoms with van der Waals surface area (Å²) in [4.78, 5) is 4.60. The van der Waals surface area contributed by atoms with Gasteiger partial charge in [0, 0.05) is 6.08 Å². The molecule has 4 rings (SSSR count). The van der Waals surface area contributed by atoms with Gasteiger partial charge in [-0.3, -0.25) is 0 Å². The third-order valence-electron chi connectivity index (χ3n) is 4.42. The molecule has 0 atom stereocenters. The fourth-order valence-electron chi connectivity index (χ4n) is 3.06. The van der Waals surface area contributed by atoms with E-state index in [2.05, 4.69) is 17.1 Å². The van der Waals surface area contributed by atoms with E-state index in [-0.39, 0.29) is 0 Å². The highest BCUT2D eigenvalue weighted by Gasteiger charge is 2.07. The van der Waals surface area contributed by atoms with Crippen LogP contribution in [0.25, 0.3) is 34.4 Å². The van der Waals surface area contributed by atoms with E-state index in [1.807, 2.05) is 73.7 Å². The molecule has 0 bridgehead atoms.